The van der Waals surface area contributed by atoms with E-state index >= 15 is 0 Å². The van der Waals surface area contributed by atoms with Gasteiger partial charge in [0.2, 0.25) is 11.8 Å². The summed E-state index contributed by atoms with van der Waals surface area (Å²) in [6.07, 6.45) is 0.727. The highest BCUT2D eigenvalue weighted by atomic mass is 35.5. The first-order chi connectivity index (χ1) is 19.3. The molecule has 10 heteroatoms. The molecule has 3 rings (SSSR count). The lowest BCUT2D eigenvalue weighted by atomic mass is 10.0. The van der Waals surface area contributed by atoms with Gasteiger partial charge in [-0.05, 0) is 73.7 Å². The van der Waals surface area contributed by atoms with Crippen LogP contribution in [0.5, 0.6) is 0 Å². The molecule has 2 amide bonds. The fraction of sp³-hybridized carbons (Fsp3) is 0.355. The van der Waals surface area contributed by atoms with Crippen molar-refractivity contribution in [3.8, 4) is 0 Å². The van der Waals surface area contributed by atoms with Crippen LogP contribution in [-0.4, -0.2) is 44.3 Å². The van der Waals surface area contributed by atoms with Gasteiger partial charge in [-0.1, -0.05) is 79.9 Å². The molecular weight excluding hydrogens is 581 g/mol. The Balaban J connectivity index is 2.05. The van der Waals surface area contributed by atoms with Gasteiger partial charge in [-0.3, -0.25) is 13.9 Å². The molecule has 0 saturated carbocycles. The summed E-state index contributed by atoms with van der Waals surface area (Å²) < 4.78 is 29.0. The molecule has 3 aromatic carbocycles. The Kier molecular flexibility index (Phi) is 11.2. The first kappa shape index (κ1) is 32.4. The summed E-state index contributed by atoms with van der Waals surface area (Å²) in [5.74, 6) is -0.659. The monoisotopic (exact) mass is 617 g/mol. The normalized spacial score (nSPS) is 12.2. The van der Waals surface area contributed by atoms with Crippen molar-refractivity contribution >= 4 is 50.7 Å². The lowest BCUT2D eigenvalue weighted by Crippen LogP contribution is -2.51. The van der Waals surface area contributed by atoms with Gasteiger partial charge in [0.05, 0.1) is 10.6 Å². The van der Waals surface area contributed by atoms with Gasteiger partial charge >= 0.3 is 0 Å². The Morgan fingerprint density at radius 3 is 2.12 bits per heavy atom. The zero-order chi connectivity index (χ0) is 30.3. The average Bonchev–Trinajstić information content (AvgIpc) is 2.94. The van der Waals surface area contributed by atoms with E-state index in [-0.39, 0.29) is 23.3 Å². The quantitative estimate of drug-likeness (QED) is 0.249. The van der Waals surface area contributed by atoms with Gasteiger partial charge in [0.15, 0.2) is 0 Å². The average molecular weight is 619 g/mol. The Morgan fingerprint density at radius 1 is 0.927 bits per heavy atom. The third kappa shape index (κ3) is 8.24. The van der Waals surface area contributed by atoms with E-state index in [2.05, 4.69) is 5.32 Å². The van der Waals surface area contributed by atoms with Crippen LogP contribution in [0.3, 0.4) is 0 Å². The van der Waals surface area contributed by atoms with Crippen LogP contribution in [0.2, 0.25) is 10.0 Å². The van der Waals surface area contributed by atoms with Gasteiger partial charge in [-0.15, -0.1) is 0 Å². The van der Waals surface area contributed by atoms with Crippen LogP contribution in [-0.2, 0) is 26.2 Å². The molecule has 0 aliphatic heterocycles. The van der Waals surface area contributed by atoms with Gasteiger partial charge in [0.1, 0.15) is 12.6 Å². The number of aryl methyl sites for hydroxylation is 1. The molecule has 220 valence electrons. The van der Waals surface area contributed by atoms with Gasteiger partial charge in [-0.2, -0.15) is 0 Å². The topological polar surface area (TPSA) is 86.8 Å². The summed E-state index contributed by atoms with van der Waals surface area (Å²) in [4.78, 5) is 28.4. The zero-order valence-electron chi connectivity index (χ0n) is 24.0. The largest absolute Gasteiger partial charge is 0.354 e. The van der Waals surface area contributed by atoms with E-state index in [0.717, 1.165) is 21.9 Å². The fourth-order valence-corrected chi connectivity index (χ4v) is 6.09. The molecule has 7 nitrogen and oxygen atoms in total. The third-order valence-electron chi connectivity index (χ3n) is 6.81. The molecule has 0 saturated heterocycles. The number of halogens is 2. The van der Waals surface area contributed by atoms with E-state index in [1.54, 1.807) is 49.4 Å². The van der Waals surface area contributed by atoms with E-state index in [9.17, 15) is 18.0 Å². The summed E-state index contributed by atoms with van der Waals surface area (Å²) in [6, 6.07) is 17.6. The van der Waals surface area contributed by atoms with Crippen molar-refractivity contribution in [1.29, 1.82) is 0 Å². The first-order valence-electron chi connectivity index (χ1n) is 13.6. The maximum Gasteiger partial charge on any atom is 0.264 e. The van der Waals surface area contributed by atoms with Crippen molar-refractivity contribution in [2.45, 2.75) is 64.4 Å². The lowest BCUT2D eigenvalue weighted by molar-refractivity contribution is -0.139. The highest BCUT2D eigenvalue weighted by Gasteiger charge is 2.32. The highest BCUT2D eigenvalue weighted by Crippen LogP contribution is 2.28. The molecule has 3 aromatic rings. The Labute approximate surface area is 253 Å². The fourth-order valence-electron chi connectivity index (χ4n) is 4.20. The van der Waals surface area contributed by atoms with Crippen molar-refractivity contribution in [1.82, 2.24) is 10.2 Å². The molecule has 41 heavy (non-hydrogen) atoms. The van der Waals surface area contributed by atoms with Crippen LogP contribution in [0.1, 0.15) is 56.7 Å². The Bertz CT molecular complexity index is 1460. The van der Waals surface area contributed by atoms with Crippen LogP contribution in [0.4, 0.5) is 5.69 Å². The van der Waals surface area contributed by atoms with E-state index in [1.807, 2.05) is 39.8 Å². The number of hydrogen-bond acceptors (Lipinski definition) is 4. The number of sulfonamides is 1. The van der Waals surface area contributed by atoms with Crippen LogP contribution < -0.4 is 9.62 Å². The SMILES string of the molecule is CCCNC(=O)[C@H](C)N(Cc1ccc(Cl)cc1Cl)C(=O)CN(c1ccc(C(C)C)cc1)S(=O)(=O)c1ccc(C)cc1. The minimum atomic E-state index is -4.14. The van der Waals surface area contributed by atoms with Crippen molar-refractivity contribution < 1.29 is 18.0 Å². The number of nitrogens with zero attached hydrogens (tertiary/aromatic N) is 2. The van der Waals surface area contributed by atoms with Crippen molar-refractivity contribution in [2.24, 2.45) is 0 Å². The number of anilines is 1. The van der Waals surface area contributed by atoms with Gasteiger partial charge in [0.25, 0.3) is 10.0 Å². The highest BCUT2D eigenvalue weighted by molar-refractivity contribution is 7.92. The van der Waals surface area contributed by atoms with Crippen molar-refractivity contribution in [3.05, 3.63) is 93.5 Å². The van der Waals surface area contributed by atoms with E-state index in [1.165, 1.54) is 17.0 Å². The second-order valence-corrected chi connectivity index (χ2v) is 13.0. The van der Waals surface area contributed by atoms with Crippen molar-refractivity contribution in [3.63, 3.8) is 0 Å². The predicted molar refractivity (Wildman–Crippen MR) is 166 cm³/mol. The van der Waals surface area contributed by atoms with Gasteiger partial charge < -0.3 is 10.2 Å². The van der Waals surface area contributed by atoms with Crippen LogP contribution in [0.15, 0.2) is 71.6 Å². The summed E-state index contributed by atoms with van der Waals surface area (Å²) >= 11 is 12.5. The molecule has 0 aliphatic rings. The molecule has 0 bridgehead atoms. The van der Waals surface area contributed by atoms with Crippen LogP contribution in [0, 0.1) is 6.92 Å². The molecule has 0 heterocycles. The number of amides is 2. The predicted octanol–water partition coefficient (Wildman–Crippen LogP) is 6.56. The molecule has 0 aromatic heterocycles. The van der Waals surface area contributed by atoms with Crippen LogP contribution in [0.25, 0.3) is 0 Å². The van der Waals surface area contributed by atoms with Gasteiger partial charge in [-0.25, -0.2) is 8.42 Å². The van der Waals surface area contributed by atoms with Crippen molar-refractivity contribution in [2.75, 3.05) is 17.4 Å². The molecule has 0 unspecified atom stereocenters. The Hall–Kier alpha value is -3.07. The minimum absolute atomic E-state index is 0.0136. The molecule has 0 aliphatic carbocycles. The molecule has 0 spiro atoms. The Morgan fingerprint density at radius 2 is 1.56 bits per heavy atom. The lowest BCUT2D eigenvalue weighted by Gasteiger charge is -2.32. The summed E-state index contributed by atoms with van der Waals surface area (Å²) in [7, 11) is -4.14. The second-order valence-electron chi connectivity index (χ2n) is 10.3. The number of carbonyl (C=O) groups excluding carboxylic acids is 2. The summed E-state index contributed by atoms with van der Waals surface area (Å²) in [5.41, 5.74) is 2.86. The molecule has 0 radical (unpaired) electrons. The molecule has 1 atom stereocenters. The second kappa shape index (κ2) is 14.2. The molecule has 1 N–H and O–H groups in total. The number of carbonyl (C=O) groups is 2. The van der Waals surface area contributed by atoms with E-state index < -0.39 is 28.5 Å². The number of nitrogens with one attached hydrogen (secondary N) is 1. The number of hydrogen-bond donors (Lipinski definition) is 1. The number of benzene rings is 3. The summed E-state index contributed by atoms with van der Waals surface area (Å²) in [6.45, 7) is 9.42. The van der Waals surface area contributed by atoms with Gasteiger partial charge in [0, 0.05) is 23.1 Å². The molecule has 0 fully saturated rings. The van der Waals surface area contributed by atoms with E-state index in [4.69, 9.17) is 23.2 Å². The first-order valence-corrected chi connectivity index (χ1v) is 15.7. The maximum absolute atomic E-state index is 14.0. The van der Waals surface area contributed by atoms with E-state index in [0.29, 0.717) is 27.8 Å². The zero-order valence-corrected chi connectivity index (χ0v) is 26.4. The third-order valence-corrected chi connectivity index (χ3v) is 9.18. The smallest absolute Gasteiger partial charge is 0.264 e. The minimum Gasteiger partial charge on any atom is -0.354 e. The maximum atomic E-state index is 14.0. The molecular formula is C31H37Cl2N3O4S. The number of rotatable bonds is 12. The van der Waals surface area contributed by atoms with Crippen LogP contribution >= 0.6 is 23.2 Å². The standard InChI is InChI=1S/C31H37Cl2N3O4S/c1-6-17-34-31(38)23(5)35(19-25-9-12-26(32)18-29(25)33)30(37)20-36(27-13-10-24(11-14-27)21(2)3)41(39,40)28-15-7-22(4)8-16-28/h7-16,18,21,23H,6,17,19-20H2,1-5H3,(H,34,38)/t23-/m0/s1. The summed E-state index contributed by atoms with van der Waals surface area (Å²) in [5, 5.41) is 3.59.